The number of hydrogen-bond acceptors (Lipinski definition) is 2. The highest BCUT2D eigenvalue weighted by molar-refractivity contribution is 4.79. The van der Waals surface area contributed by atoms with Gasteiger partial charge in [-0.3, -0.25) is 0 Å². The van der Waals surface area contributed by atoms with Crippen molar-refractivity contribution in [1.29, 1.82) is 0 Å². The fraction of sp³-hybridized carbons (Fsp3) is 1.00. The first-order chi connectivity index (χ1) is 9.25. The van der Waals surface area contributed by atoms with Gasteiger partial charge in [-0.25, -0.2) is 0 Å². The molecule has 2 nitrogen and oxygen atoms in total. The van der Waals surface area contributed by atoms with E-state index in [0.29, 0.717) is 0 Å². The van der Waals surface area contributed by atoms with Gasteiger partial charge in [0.1, 0.15) is 0 Å². The minimum atomic E-state index is 0.861. The van der Waals surface area contributed by atoms with Crippen molar-refractivity contribution in [3.63, 3.8) is 0 Å². The number of nitrogens with one attached hydrogen (secondary N) is 1. The Bertz CT molecular complexity index is 205. The zero-order valence-corrected chi connectivity index (χ0v) is 13.6. The standard InChI is InChI=1S/C17H36N2/c1-4-13-18-14-9-5-6-10-15-19(3)17-12-8-7-11-16(17)2/h16-18H,4-15H2,1-3H3. The molecule has 19 heavy (non-hydrogen) atoms. The van der Waals surface area contributed by atoms with Crippen molar-refractivity contribution in [1.82, 2.24) is 10.2 Å². The Morgan fingerprint density at radius 1 is 1.00 bits per heavy atom. The normalized spacial score (nSPS) is 24.0. The highest BCUT2D eigenvalue weighted by Gasteiger charge is 2.24. The summed E-state index contributed by atoms with van der Waals surface area (Å²) in [6.45, 7) is 8.37. The first-order valence-electron chi connectivity index (χ1n) is 8.66. The Hall–Kier alpha value is -0.0800. The van der Waals surface area contributed by atoms with Crippen LogP contribution in [0.5, 0.6) is 0 Å². The minimum Gasteiger partial charge on any atom is -0.317 e. The smallest absolute Gasteiger partial charge is 0.0118 e. The van der Waals surface area contributed by atoms with Crippen LogP contribution in [0.15, 0.2) is 0 Å². The summed E-state index contributed by atoms with van der Waals surface area (Å²) in [6, 6.07) is 0.861. The summed E-state index contributed by atoms with van der Waals surface area (Å²) < 4.78 is 0. The quantitative estimate of drug-likeness (QED) is 0.601. The monoisotopic (exact) mass is 268 g/mol. The second-order valence-electron chi connectivity index (χ2n) is 6.47. The summed E-state index contributed by atoms with van der Waals surface area (Å²) in [5, 5.41) is 3.48. The van der Waals surface area contributed by atoms with E-state index in [1.165, 1.54) is 77.4 Å². The Morgan fingerprint density at radius 3 is 2.47 bits per heavy atom. The van der Waals surface area contributed by atoms with Crippen LogP contribution in [0.25, 0.3) is 0 Å². The number of unbranched alkanes of at least 4 members (excludes halogenated alkanes) is 3. The van der Waals surface area contributed by atoms with E-state index >= 15 is 0 Å². The van der Waals surface area contributed by atoms with E-state index in [9.17, 15) is 0 Å². The van der Waals surface area contributed by atoms with E-state index in [2.05, 4.69) is 31.1 Å². The molecule has 1 rings (SSSR count). The molecule has 0 bridgehead atoms. The van der Waals surface area contributed by atoms with Crippen LogP contribution in [0.4, 0.5) is 0 Å². The van der Waals surface area contributed by atoms with Crippen LogP contribution in [-0.2, 0) is 0 Å². The van der Waals surface area contributed by atoms with E-state index in [4.69, 9.17) is 0 Å². The highest BCUT2D eigenvalue weighted by Crippen LogP contribution is 2.27. The third kappa shape index (κ3) is 7.31. The molecule has 0 aromatic carbocycles. The van der Waals surface area contributed by atoms with Crippen molar-refractivity contribution < 1.29 is 0 Å². The van der Waals surface area contributed by atoms with Gasteiger partial charge in [-0.1, -0.05) is 39.5 Å². The first-order valence-corrected chi connectivity index (χ1v) is 8.66. The molecule has 1 fully saturated rings. The van der Waals surface area contributed by atoms with Crippen molar-refractivity contribution in [2.45, 2.75) is 77.7 Å². The average molecular weight is 268 g/mol. The third-order valence-electron chi connectivity index (χ3n) is 4.67. The lowest BCUT2D eigenvalue weighted by molar-refractivity contribution is 0.137. The maximum atomic E-state index is 3.48. The van der Waals surface area contributed by atoms with E-state index in [1.807, 2.05) is 0 Å². The molecule has 0 saturated heterocycles. The summed E-state index contributed by atoms with van der Waals surface area (Å²) in [6.07, 6.45) is 12.6. The Labute approximate surface area is 121 Å². The second-order valence-corrected chi connectivity index (χ2v) is 6.47. The summed E-state index contributed by atoms with van der Waals surface area (Å²) in [4.78, 5) is 2.64. The topological polar surface area (TPSA) is 15.3 Å². The molecule has 2 unspecified atom stereocenters. The molecule has 0 aliphatic heterocycles. The van der Waals surface area contributed by atoms with Gasteiger partial charge in [0.05, 0.1) is 0 Å². The van der Waals surface area contributed by atoms with Crippen LogP contribution in [0.2, 0.25) is 0 Å². The molecule has 1 N–H and O–H groups in total. The zero-order chi connectivity index (χ0) is 13.9. The highest BCUT2D eigenvalue weighted by atomic mass is 15.1. The lowest BCUT2D eigenvalue weighted by Crippen LogP contribution is -2.39. The van der Waals surface area contributed by atoms with Gasteiger partial charge in [-0.15, -0.1) is 0 Å². The predicted octanol–water partition coefficient (Wildman–Crippen LogP) is 4.06. The van der Waals surface area contributed by atoms with Gasteiger partial charge in [0, 0.05) is 6.04 Å². The van der Waals surface area contributed by atoms with E-state index in [0.717, 1.165) is 12.0 Å². The van der Waals surface area contributed by atoms with E-state index < -0.39 is 0 Å². The van der Waals surface area contributed by atoms with E-state index in [1.54, 1.807) is 0 Å². The maximum Gasteiger partial charge on any atom is 0.0118 e. The minimum absolute atomic E-state index is 0.861. The van der Waals surface area contributed by atoms with Crippen LogP contribution >= 0.6 is 0 Å². The van der Waals surface area contributed by atoms with Crippen molar-refractivity contribution in [2.75, 3.05) is 26.7 Å². The van der Waals surface area contributed by atoms with Crippen molar-refractivity contribution >= 4 is 0 Å². The molecular formula is C17H36N2. The zero-order valence-electron chi connectivity index (χ0n) is 13.6. The predicted molar refractivity (Wildman–Crippen MR) is 85.7 cm³/mol. The second kappa shape index (κ2) is 10.7. The van der Waals surface area contributed by atoms with Crippen LogP contribution < -0.4 is 5.32 Å². The van der Waals surface area contributed by atoms with Gasteiger partial charge in [0.25, 0.3) is 0 Å². The van der Waals surface area contributed by atoms with Gasteiger partial charge >= 0.3 is 0 Å². The maximum absolute atomic E-state index is 3.48. The lowest BCUT2D eigenvalue weighted by Gasteiger charge is -2.36. The number of hydrogen-bond donors (Lipinski definition) is 1. The van der Waals surface area contributed by atoms with Crippen LogP contribution in [-0.4, -0.2) is 37.6 Å². The van der Waals surface area contributed by atoms with Crippen molar-refractivity contribution in [2.24, 2.45) is 5.92 Å². The van der Waals surface area contributed by atoms with Gasteiger partial charge in [0.15, 0.2) is 0 Å². The van der Waals surface area contributed by atoms with Crippen LogP contribution in [0.3, 0.4) is 0 Å². The molecule has 0 aromatic rings. The lowest BCUT2D eigenvalue weighted by atomic mass is 9.85. The first kappa shape index (κ1) is 17.0. The Kier molecular flexibility index (Phi) is 9.54. The van der Waals surface area contributed by atoms with Gasteiger partial charge in [-0.2, -0.15) is 0 Å². The molecule has 0 radical (unpaired) electrons. The molecule has 114 valence electrons. The van der Waals surface area contributed by atoms with Crippen molar-refractivity contribution in [3.05, 3.63) is 0 Å². The summed E-state index contributed by atoms with van der Waals surface area (Å²) in [7, 11) is 2.34. The Balaban J connectivity index is 1.96. The molecule has 1 aliphatic rings. The fourth-order valence-corrected chi connectivity index (χ4v) is 3.38. The Morgan fingerprint density at radius 2 is 1.74 bits per heavy atom. The number of rotatable bonds is 10. The van der Waals surface area contributed by atoms with Gasteiger partial charge in [0.2, 0.25) is 0 Å². The number of nitrogens with zero attached hydrogens (tertiary/aromatic N) is 1. The molecular weight excluding hydrogens is 232 g/mol. The molecule has 0 heterocycles. The van der Waals surface area contributed by atoms with Gasteiger partial charge < -0.3 is 10.2 Å². The van der Waals surface area contributed by atoms with Crippen LogP contribution in [0, 0.1) is 5.92 Å². The molecule has 0 amide bonds. The molecule has 2 atom stereocenters. The summed E-state index contributed by atoms with van der Waals surface area (Å²) in [5.41, 5.74) is 0. The SMILES string of the molecule is CCCNCCCCCCN(C)C1CCCCC1C. The van der Waals surface area contributed by atoms with E-state index in [-0.39, 0.29) is 0 Å². The summed E-state index contributed by atoms with van der Waals surface area (Å²) in [5.74, 6) is 0.914. The molecule has 2 heteroatoms. The molecule has 0 aromatic heterocycles. The van der Waals surface area contributed by atoms with Crippen molar-refractivity contribution in [3.8, 4) is 0 Å². The van der Waals surface area contributed by atoms with Crippen LogP contribution in [0.1, 0.15) is 71.6 Å². The fourth-order valence-electron chi connectivity index (χ4n) is 3.38. The molecule has 0 spiro atoms. The average Bonchev–Trinajstić information content (AvgIpc) is 2.42. The molecule has 1 saturated carbocycles. The summed E-state index contributed by atoms with van der Waals surface area (Å²) >= 11 is 0. The largest absolute Gasteiger partial charge is 0.317 e. The molecule has 1 aliphatic carbocycles. The third-order valence-corrected chi connectivity index (χ3v) is 4.67. The van der Waals surface area contributed by atoms with Gasteiger partial charge in [-0.05, 0) is 64.7 Å².